The Morgan fingerprint density at radius 1 is 1.03 bits per heavy atom. The number of aryl methyl sites for hydroxylation is 1. The van der Waals surface area contributed by atoms with Crippen LogP contribution < -0.4 is 10.1 Å². The second-order valence-electron chi connectivity index (χ2n) is 7.16. The molecule has 1 amide bonds. The third kappa shape index (κ3) is 6.20. The van der Waals surface area contributed by atoms with E-state index < -0.39 is 0 Å². The maximum absolute atomic E-state index is 12.7. The molecule has 1 heterocycles. The first-order valence-corrected chi connectivity index (χ1v) is 11.7. The highest BCUT2D eigenvalue weighted by Gasteiger charge is 2.17. The van der Waals surface area contributed by atoms with Gasteiger partial charge in [-0.2, -0.15) is 0 Å². The fraction of sp³-hybridized carbons (Fsp3) is 0.333. The summed E-state index contributed by atoms with van der Waals surface area (Å²) in [5.41, 5.74) is 2.76. The summed E-state index contributed by atoms with van der Waals surface area (Å²) in [6, 6.07) is 15.4. The summed E-state index contributed by atoms with van der Waals surface area (Å²) in [4.78, 5) is 23.9. The Morgan fingerprint density at radius 3 is 2.38 bits per heavy atom. The number of ketones is 1. The number of ether oxygens (including phenoxy) is 1. The third-order valence-electron chi connectivity index (χ3n) is 4.85. The lowest BCUT2D eigenvalue weighted by atomic mass is 10.1. The second kappa shape index (κ2) is 11.5. The van der Waals surface area contributed by atoms with Gasteiger partial charge in [-0.25, -0.2) is 0 Å². The molecule has 1 aromatic heterocycles. The number of hydrogen-bond acceptors (Lipinski definition) is 6. The number of Topliss-reactive ketones (excluding diaryl/α,β-unsaturated/α-hetero) is 1. The maximum Gasteiger partial charge on any atom is 0.216 e. The Kier molecular flexibility index (Phi) is 8.44. The molecule has 1 N–H and O–H groups in total. The highest BCUT2D eigenvalue weighted by Crippen LogP contribution is 2.25. The summed E-state index contributed by atoms with van der Waals surface area (Å²) in [5, 5.41) is 12.1. The predicted octanol–water partition coefficient (Wildman–Crippen LogP) is 3.88. The SMILES string of the molecule is CCOc1ccc(-n2c(CCNC(C)=O)nnc2SCC(=O)c2ccc(CC)cc2)cc1. The van der Waals surface area contributed by atoms with Crippen molar-refractivity contribution >= 4 is 23.5 Å². The molecule has 0 spiro atoms. The number of aromatic nitrogens is 3. The van der Waals surface area contributed by atoms with Crippen molar-refractivity contribution < 1.29 is 14.3 Å². The van der Waals surface area contributed by atoms with Gasteiger partial charge in [0, 0.05) is 31.1 Å². The van der Waals surface area contributed by atoms with Gasteiger partial charge in [-0.1, -0.05) is 43.0 Å². The largest absolute Gasteiger partial charge is 0.494 e. The molecule has 0 saturated heterocycles. The van der Waals surface area contributed by atoms with Crippen LogP contribution in [0.15, 0.2) is 53.7 Å². The van der Waals surface area contributed by atoms with E-state index in [-0.39, 0.29) is 17.4 Å². The van der Waals surface area contributed by atoms with E-state index in [1.54, 1.807) is 0 Å². The summed E-state index contributed by atoms with van der Waals surface area (Å²) in [7, 11) is 0. The lowest BCUT2D eigenvalue weighted by Crippen LogP contribution is -2.23. The van der Waals surface area contributed by atoms with Gasteiger partial charge < -0.3 is 10.1 Å². The number of carbonyl (C=O) groups excluding carboxylic acids is 2. The molecule has 0 fully saturated rings. The van der Waals surface area contributed by atoms with Crippen molar-refractivity contribution in [3.8, 4) is 11.4 Å². The summed E-state index contributed by atoms with van der Waals surface area (Å²) < 4.78 is 7.46. The average molecular weight is 453 g/mol. The number of nitrogens with zero attached hydrogens (tertiary/aromatic N) is 3. The van der Waals surface area contributed by atoms with Gasteiger partial charge in [0.25, 0.3) is 0 Å². The van der Waals surface area contributed by atoms with Gasteiger partial charge in [-0.15, -0.1) is 10.2 Å². The number of carbonyl (C=O) groups is 2. The van der Waals surface area contributed by atoms with E-state index in [0.717, 1.165) is 17.9 Å². The van der Waals surface area contributed by atoms with Crippen LogP contribution in [0.2, 0.25) is 0 Å². The minimum absolute atomic E-state index is 0.0405. The van der Waals surface area contributed by atoms with E-state index in [9.17, 15) is 9.59 Å². The molecule has 0 unspecified atom stereocenters. The summed E-state index contributed by atoms with van der Waals surface area (Å²) >= 11 is 1.35. The second-order valence-corrected chi connectivity index (χ2v) is 8.10. The zero-order valence-electron chi connectivity index (χ0n) is 18.6. The van der Waals surface area contributed by atoms with Crippen LogP contribution >= 0.6 is 11.8 Å². The van der Waals surface area contributed by atoms with Crippen LogP contribution in [0, 0.1) is 0 Å². The Hall–Kier alpha value is -3.13. The smallest absolute Gasteiger partial charge is 0.216 e. The van der Waals surface area contributed by atoms with E-state index in [0.29, 0.717) is 36.1 Å². The molecule has 0 bridgehead atoms. The quantitative estimate of drug-likeness (QED) is 0.351. The van der Waals surface area contributed by atoms with E-state index in [4.69, 9.17) is 4.74 Å². The monoisotopic (exact) mass is 452 g/mol. The van der Waals surface area contributed by atoms with Gasteiger partial charge in [0.15, 0.2) is 10.9 Å². The number of benzene rings is 2. The minimum Gasteiger partial charge on any atom is -0.494 e. The van der Waals surface area contributed by atoms with Gasteiger partial charge in [0.2, 0.25) is 5.91 Å². The van der Waals surface area contributed by atoms with Crippen molar-refractivity contribution in [1.82, 2.24) is 20.1 Å². The Bertz CT molecular complexity index is 1050. The van der Waals surface area contributed by atoms with Crippen LogP contribution in [0.25, 0.3) is 5.69 Å². The molecule has 2 aromatic carbocycles. The van der Waals surface area contributed by atoms with Gasteiger partial charge >= 0.3 is 0 Å². The van der Waals surface area contributed by atoms with E-state index in [1.807, 2.05) is 60.0 Å². The van der Waals surface area contributed by atoms with Crippen LogP contribution in [-0.2, 0) is 17.6 Å². The summed E-state index contributed by atoms with van der Waals surface area (Å²) in [5.74, 6) is 1.70. The molecule has 7 nitrogen and oxygen atoms in total. The molecule has 0 atom stereocenters. The van der Waals surface area contributed by atoms with Crippen molar-refractivity contribution in [2.75, 3.05) is 18.9 Å². The van der Waals surface area contributed by atoms with Crippen LogP contribution in [0.1, 0.15) is 42.5 Å². The van der Waals surface area contributed by atoms with E-state index in [2.05, 4.69) is 22.4 Å². The van der Waals surface area contributed by atoms with E-state index >= 15 is 0 Å². The van der Waals surface area contributed by atoms with Crippen molar-refractivity contribution in [3.05, 3.63) is 65.5 Å². The Morgan fingerprint density at radius 2 is 1.75 bits per heavy atom. The number of nitrogens with one attached hydrogen (secondary N) is 1. The average Bonchev–Trinajstić information content (AvgIpc) is 3.20. The topological polar surface area (TPSA) is 86.1 Å². The molecule has 3 rings (SSSR count). The van der Waals surface area contributed by atoms with Crippen molar-refractivity contribution in [1.29, 1.82) is 0 Å². The molecule has 0 aliphatic heterocycles. The first-order valence-electron chi connectivity index (χ1n) is 10.7. The third-order valence-corrected chi connectivity index (χ3v) is 5.77. The highest BCUT2D eigenvalue weighted by molar-refractivity contribution is 7.99. The van der Waals surface area contributed by atoms with Gasteiger partial charge in [-0.05, 0) is 43.2 Å². The molecule has 0 radical (unpaired) electrons. The molecule has 8 heteroatoms. The van der Waals surface area contributed by atoms with Gasteiger partial charge in [0.05, 0.1) is 12.4 Å². The van der Waals surface area contributed by atoms with Crippen molar-refractivity contribution in [2.45, 2.75) is 38.8 Å². The maximum atomic E-state index is 12.7. The van der Waals surface area contributed by atoms with Crippen LogP contribution in [0.4, 0.5) is 0 Å². The standard InChI is InChI=1S/C24H28N4O3S/c1-4-18-6-8-19(9-7-18)22(30)16-32-24-27-26-23(14-15-25-17(3)29)28(24)20-10-12-21(13-11-20)31-5-2/h6-13H,4-5,14-16H2,1-3H3,(H,25,29). The first-order chi connectivity index (χ1) is 15.5. The number of hydrogen-bond donors (Lipinski definition) is 1. The zero-order valence-corrected chi connectivity index (χ0v) is 19.4. The Balaban J connectivity index is 1.79. The van der Waals surface area contributed by atoms with Crippen molar-refractivity contribution in [2.24, 2.45) is 0 Å². The zero-order chi connectivity index (χ0) is 22.9. The summed E-state index contributed by atoms with van der Waals surface area (Å²) in [6.45, 7) is 6.56. The van der Waals surface area contributed by atoms with Gasteiger partial charge in [0.1, 0.15) is 11.6 Å². The molecular weight excluding hydrogens is 424 g/mol. The first kappa shape index (κ1) is 23.5. The number of rotatable bonds is 11. The molecule has 0 aliphatic carbocycles. The molecule has 168 valence electrons. The molecule has 0 saturated carbocycles. The van der Waals surface area contributed by atoms with Crippen molar-refractivity contribution in [3.63, 3.8) is 0 Å². The summed E-state index contributed by atoms with van der Waals surface area (Å²) in [6.07, 6.45) is 1.46. The molecular formula is C24H28N4O3S. The predicted molar refractivity (Wildman–Crippen MR) is 126 cm³/mol. The lowest BCUT2D eigenvalue weighted by molar-refractivity contribution is -0.118. The van der Waals surface area contributed by atoms with E-state index in [1.165, 1.54) is 24.2 Å². The van der Waals surface area contributed by atoms with Crippen LogP contribution in [0.3, 0.4) is 0 Å². The molecule has 0 aliphatic rings. The fourth-order valence-electron chi connectivity index (χ4n) is 3.16. The number of thioether (sulfide) groups is 1. The van der Waals surface area contributed by atoms with Crippen LogP contribution in [-0.4, -0.2) is 45.4 Å². The normalized spacial score (nSPS) is 10.7. The molecule has 3 aromatic rings. The minimum atomic E-state index is -0.0913. The Labute approximate surface area is 192 Å². The van der Waals surface area contributed by atoms with Crippen LogP contribution in [0.5, 0.6) is 5.75 Å². The molecule has 32 heavy (non-hydrogen) atoms. The number of amides is 1. The fourth-order valence-corrected chi connectivity index (χ4v) is 4.03. The highest BCUT2D eigenvalue weighted by atomic mass is 32.2. The lowest BCUT2D eigenvalue weighted by Gasteiger charge is -2.11. The van der Waals surface area contributed by atoms with Gasteiger partial charge in [-0.3, -0.25) is 14.2 Å².